The first-order valence-electron chi connectivity index (χ1n) is 5.45. The fourth-order valence-corrected chi connectivity index (χ4v) is 1.92. The van der Waals surface area contributed by atoms with Crippen LogP contribution in [0, 0.1) is 0 Å². The van der Waals surface area contributed by atoms with Gasteiger partial charge in [-0.15, -0.1) is 0 Å². The summed E-state index contributed by atoms with van der Waals surface area (Å²) in [6, 6.07) is 0. The first-order valence-corrected chi connectivity index (χ1v) is 5.45. The largest absolute Gasteiger partial charge is 0.506 e. The molecule has 0 spiro atoms. The fraction of sp³-hybridized carbons (Fsp3) is 0.364. The molecule has 0 atom stereocenters. The summed E-state index contributed by atoms with van der Waals surface area (Å²) in [7, 11) is 1.46. The van der Waals surface area contributed by atoms with Crippen molar-refractivity contribution >= 4 is 11.9 Å². The number of amides is 1. The number of carbonyl (C=O) groups excluding carboxylic acids is 1. The number of carbonyl (C=O) groups is 2. The third-order valence-electron chi connectivity index (χ3n) is 2.91. The number of fused-ring (bicyclic) bond motifs is 1. The average Bonchev–Trinajstić information content (AvgIpc) is 2.83. The van der Waals surface area contributed by atoms with Crippen molar-refractivity contribution in [3.8, 4) is 5.75 Å². The van der Waals surface area contributed by atoms with Crippen molar-refractivity contribution in [3.05, 3.63) is 27.2 Å². The van der Waals surface area contributed by atoms with Gasteiger partial charge >= 0.3 is 5.97 Å². The van der Waals surface area contributed by atoms with E-state index in [1.165, 1.54) is 11.6 Å². The van der Waals surface area contributed by atoms with E-state index in [1.54, 1.807) is 0 Å². The molecule has 8 heteroatoms. The number of ether oxygens (including phenoxy) is 1. The molecule has 0 saturated heterocycles. The Hall–Kier alpha value is -2.35. The molecule has 8 nitrogen and oxygen atoms in total. The number of aliphatic carboxylic acids is 1. The molecule has 2 rings (SSSR count). The van der Waals surface area contributed by atoms with Crippen LogP contribution in [-0.4, -0.2) is 33.2 Å². The number of hydrogen-bond donors (Lipinski definition) is 3. The highest BCUT2D eigenvalue weighted by molar-refractivity contribution is 5.98. The van der Waals surface area contributed by atoms with Crippen LogP contribution in [-0.2, 0) is 29.8 Å². The van der Waals surface area contributed by atoms with Crippen molar-refractivity contribution in [1.82, 2.24) is 9.88 Å². The van der Waals surface area contributed by atoms with Gasteiger partial charge in [0.1, 0.15) is 17.9 Å². The topological polar surface area (TPSA) is 118 Å². The van der Waals surface area contributed by atoms with E-state index in [9.17, 15) is 19.5 Å². The Morgan fingerprint density at radius 1 is 1.42 bits per heavy atom. The zero-order valence-electron chi connectivity index (χ0n) is 10.1. The van der Waals surface area contributed by atoms with Crippen molar-refractivity contribution < 1.29 is 24.5 Å². The van der Waals surface area contributed by atoms with E-state index in [-0.39, 0.29) is 13.2 Å². The molecule has 0 radical (unpaired) electrons. The Kier molecular flexibility index (Phi) is 3.26. The summed E-state index contributed by atoms with van der Waals surface area (Å²) in [5.74, 6) is -2.61. The summed E-state index contributed by atoms with van der Waals surface area (Å²) in [5.41, 5.74) is -0.266. The number of nitrogens with one attached hydrogen (secondary N) is 1. The minimum atomic E-state index is -1.24. The lowest BCUT2D eigenvalue weighted by Gasteiger charge is -2.11. The minimum absolute atomic E-state index is 0.106. The third kappa shape index (κ3) is 2.17. The van der Waals surface area contributed by atoms with Gasteiger partial charge in [-0.3, -0.25) is 14.4 Å². The molecular formula is C11H12N2O6. The van der Waals surface area contributed by atoms with Crippen molar-refractivity contribution in [2.24, 2.45) is 7.05 Å². The lowest BCUT2D eigenvalue weighted by Crippen LogP contribution is -2.36. The Balaban J connectivity index is 2.47. The predicted octanol–water partition coefficient (Wildman–Crippen LogP) is -1.06. The Morgan fingerprint density at radius 3 is 2.74 bits per heavy atom. The summed E-state index contributed by atoms with van der Waals surface area (Å²) in [4.78, 5) is 34.1. The molecule has 1 aromatic rings. The van der Waals surface area contributed by atoms with Crippen molar-refractivity contribution in [2.75, 3.05) is 6.54 Å². The Morgan fingerprint density at radius 2 is 2.11 bits per heavy atom. The molecule has 0 aromatic carbocycles. The zero-order chi connectivity index (χ0) is 14.2. The quantitative estimate of drug-likeness (QED) is 0.642. The second-order valence-electron chi connectivity index (χ2n) is 4.08. The average molecular weight is 268 g/mol. The number of aromatic hydroxyl groups is 1. The van der Waals surface area contributed by atoms with Gasteiger partial charge in [-0.25, -0.2) is 0 Å². The van der Waals surface area contributed by atoms with Crippen LogP contribution in [0.2, 0.25) is 0 Å². The SMILES string of the molecule is Cn1c2c(c(O)c(C(=O)NCC(=O)O)c1=O)COC2. The van der Waals surface area contributed by atoms with Crippen molar-refractivity contribution in [2.45, 2.75) is 13.2 Å². The van der Waals surface area contributed by atoms with E-state index in [2.05, 4.69) is 0 Å². The summed E-state index contributed by atoms with van der Waals surface area (Å²) < 4.78 is 6.34. The molecule has 1 amide bonds. The normalized spacial score (nSPS) is 13.1. The molecule has 0 saturated carbocycles. The molecule has 0 aliphatic carbocycles. The highest BCUT2D eigenvalue weighted by Crippen LogP contribution is 2.28. The summed E-state index contributed by atoms with van der Waals surface area (Å²) in [6.45, 7) is -0.338. The number of pyridine rings is 1. The van der Waals surface area contributed by atoms with Crippen LogP contribution in [0.25, 0.3) is 0 Å². The van der Waals surface area contributed by atoms with Gasteiger partial charge in [-0.1, -0.05) is 0 Å². The van der Waals surface area contributed by atoms with Crippen LogP contribution >= 0.6 is 0 Å². The second-order valence-corrected chi connectivity index (χ2v) is 4.08. The Labute approximate surface area is 107 Å². The summed E-state index contributed by atoms with van der Waals surface area (Å²) in [5, 5.41) is 20.5. The molecule has 1 aromatic heterocycles. The van der Waals surface area contributed by atoms with Crippen LogP contribution in [0.3, 0.4) is 0 Å². The molecule has 2 heterocycles. The number of carboxylic acid groups (broad SMARTS) is 1. The number of carboxylic acids is 1. The van der Waals surface area contributed by atoms with Crippen molar-refractivity contribution in [1.29, 1.82) is 0 Å². The Bertz CT molecular complexity index is 619. The van der Waals surface area contributed by atoms with E-state index in [0.717, 1.165) is 0 Å². The molecule has 19 heavy (non-hydrogen) atoms. The maximum absolute atomic E-state index is 12.0. The maximum atomic E-state index is 12.0. The van der Waals surface area contributed by atoms with Gasteiger partial charge in [0.2, 0.25) is 0 Å². The molecule has 1 aliphatic rings. The highest BCUT2D eigenvalue weighted by Gasteiger charge is 2.27. The summed E-state index contributed by atoms with van der Waals surface area (Å²) in [6.07, 6.45) is 0. The predicted molar refractivity (Wildman–Crippen MR) is 61.8 cm³/mol. The van der Waals surface area contributed by atoms with Gasteiger partial charge in [0.15, 0.2) is 0 Å². The molecule has 0 unspecified atom stereocenters. The van der Waals surface area contributed by atoms with Gasteiger partial charge in [0.25, 0.3) is 11.5 Å². The number of hydrogen-bond acceptors (Lipinski definition) is 5. The van der Waals surface area contributed by atoms with E-state index < -0.39 is 35.3 Å². The third-order valence-corrected chi connectivity index (χ3v) is 2.91. The molecule has 102 valence electrons. The lowest BCUT2D eigenvalue weighted by molar-refractivity contribution is -0.135. The van der Waals surface area contributed by atoms with Crippen LogP contribution < -0.4 is 10.9 Å². The van der Waals surface area contributed by atoms with Gasteiger partial charge in [0, 0.05) is 12.6 Å². The van der Waals surface area contributed by atoms with Crippen LogP contribution in [0.1, 0.15) is 21.6 Å². The van der Waals surface area contributed by atoms with E-state index >= 15 is 0 Å². The van der Waals surface area contributed by atoms with E-state index in [1.807, 2.05) is 5.32 Å². The van der Waals surface area contributed by atoms with Crippen LogP contribution in [0.15, 0.2) is 4.79 Å². The fourth-order valence-electron chi connectivity index (χ4n) is 1.92. The number of aromatic nitrogens is 1. The van der Waals surface area contributed by atoms with Gasteiger partial charge < -0.3 is 24.8 Å². The van der Waals surface area contributed by atoms with Crippen LogP contribution in [0.4, 0.5) is 0 Å². The maximum Gasteiger partial charge on any atom is 0.322 e. The number of rotatable bonds is 3. The zero-order valence-corrected chi connectivity index (χ0v) is 10.1. The van der Waals surface area contributed by atoms with Gasteiger partial charge in [0.05, 0.1) is 18.9 Å². The monoisotopic (exact) mass is 268 g/mol. The summed E-state index contributed by atoms with van der Waals surface area (Å²) >= 11 is 0. The van der Waals surface area contributed by atoms with E-state index in [0.29, 0.717) is 11.3 Å². The van der Waals surface area contributed by atoms with Gasteiger partial charge in [-0.05, 0) is 0 Å². The second kappa shape index (κ2) is 4.73. The number of nitrogens with zero attached hydrogens (tertiary/aromatic N) is 1. The molecular weight excluding hydrogens is 256 g/mol. The van der Waals surface area contributed by atoms with E-state index in [4.69, 9.17) is 9.84 Å². The first kappa shape index (κ1) is 13.1. The molecule has 3 N–H and O–H groups in total. The van der Waals surface area contributed by atoms with Crippen LogP contribution in [0.5, 0.6) is 5.75 Å². The standard InChI is InChI=1S/C11H12N2O6/c1-13-6-4-19-3-5(6)9(16)8(11(13)18)10(17)12-2-7(14)15/h16H,2-4H2,1H3,(H,12,17)(H,14,15). The van der Waals surface area contributed by atoms with Gasteiger partial charge in [-0.2, -0.15) is 0 Å². The highest BCUT2D eigenvalue weighted by atomic mass is 16.5. The lowest BCUT2D eigenvalue weighted by atomic mass is 10.1. The molecule has 0 fully saturated rings. The molecule has 1 aliphatic heterocycles. The smallest absolute Gasteiger partial charge is 0.322 e. The minimum Gasteiger partial charge on any atom is -0.506 e. The first-order chi connectivity index (χ1) is 8.93. The molecule has 0 bridgehead atoms. The van der Waals surface area contributed by atoms with Crippen molar-refractivity contribution in [3.63, 3.8) is 0 Å².